The van der Waals surface area contributed by atoms with Crippen LogP contribution >= 0.6 is 0 Å². The van der Waals surface area contributed by atoms with Gasteiger partial charge in [-0.3, -0.25) is 9.59 Å². The molecule has 0 spiro atoms. The van der Waals surface area contributed by atoms with E-state index in [0.717, 1.165) is 77.0 Å². The molecule has 0 fully saturated rings. The second-order valence-corrected chi connectivity index (χ2v) is 14.3. The maximum atomic E-state index is 12.7. The number of ether oxygens (including phenoxy) is 3. The number of carbonyl (C=O) groups excluding carboxylic acids is 2. The summed E-state index contributed by atoms with van der Waals surface area (Å²) in [6.45, 7) is 4.46. The summed E-state index contributed by atoms with van der Waals surface area (Å²) in [4.78, 5) is 36.8. The van der Waals surface area contributed by atoms with Crippen molar-refractivity contribution in [3.8, 4) is 0 Å². The van der Waals surface area contributed by atoms with Gasteiger partial charge in [0.1, 0.15) is 6.61 Å². The largest absolute Gasteiger partial charge is 0.477 e. The topological polar surface area (TPSA) is 99.1 Å². The van der Waals surface area contributed by atoms with Crippen molar-refractivity contribution in [1.29, 1.82) is 0 Å². The van der Waals surface area contributed by atoms with E-state index >= 15 is 0 Å². The molecule has 0 bridgehead atoms. The molecule has 2 unspecified atom stereocenters. The van der Waals surface area contributed by atoms with Crippen LogP contribution in [0.2, 0.25) is 0 Å². The van der Waals surface area contributed by atoms with Crippen molar-refractivity contribution in [2.24, 2.45) is 0 Å². The van der Waals surface area contributed by atoms with Gasteiger partial charge in [0, 0.05) is 19.3 Å². The molecule has 0 heterocycles. The predicted molar refractivity (Wildman–Crippen MR) is 224 cm³/mol. The van der Waals surface area contributed by atoms with Crippen LogP contribution in [-0.2, 0) is 28.6 Å². The maximum Gasteiger partial charge on any atom is 0.362 e. The van der Waals surface area contributed by atoms with Gasteiger partial charge in [-0.05, 0) is 51.4 Å². The third-order valence-electron chi connectivity index (χ3n) is 8.41. The molecule has 0 aromatic carbocycles. The summed E-state index contributed by atoms with van der Waals surface area (Å²) in [5.41, 5.74) is 0. The zero-order valence-corrected chi connectivity index (χ0v) is 34.4. The van der Waals surface area contributed by atoms with E-state index in [1.54, 1.807) is 0 Å². The Balaban J connectivity index is 4.51. The Labute approximate surface area is 328 Å². The molecule has 0 aliphatic rings. The van der Waals surface area contributed by atoms with Gasteiger partial charge >= 0.3 is 17.9 Å². The summed E-state index contributed by atoms with van der Waals surface area (Å²) in [7, 11) is 5.49. The highest BCUT2D eigenvalue weighted by atomic mass is 16.6. The molecule has 2 atom stereocenters. The minimum atomic E-state index is -0.889. The smallest absolute Gasteiger partial charge is 0.362 e. The van der Waals surface area contributed by atoms with Gasteiger partial charge in [-0.15, -0.1) is 0 Å². The van der Waals surface area contributed by atoms with Gasteiger partial charge in [0.25, 0.3) is 0 Å². The third kappa shape index (κ3) is 34.0. The first-order valence-electron chi connectivity index (χ1n) is 20.4. The number of unbranched alkanes of at least 4 members (excludes halogenated alkanes) is 10. The Hall–Kier alpha value is -3.75. The van der Waals surface area contributed by atoms with Crippen molar-refractivity contribution in [3.63, 3.8) is 0 Å². The Morgan fingerprint density at radius 2 is 1.06 bits per heavy atom. The van der Waals surface area contributed by atoms with E-state index < -0.39 is 18.1 Å². The highest BCUT2D eigenvalue weighted by Gasteiger charge is 2.31. The number of carbonyl (C=O) groups is 3. The minimum absolute atomic E-state index is 0.0358. The second kappa shape index (κ2) is 36.2. The monoisotopic (exact) mass is 753 g/mol. The SMILES string of the molecule is CC/C=C/C=C/C=C/C=C/C=C/C=C/C=C/CCCCCC(=O)OCC(COCCC(C(=O)O)[N+](C)(C)C)OC(=O)CCCCCCC/C=C/CCCC. The average Bonchev–Trinajstić information content (AvgIpc) is 3.12. The molecular weight excluding hydrogens is 679 g/mol. The van der Waals surface area contributed by atoms with E-state index in [2.05, 4.69) is 38.2 Å². The Kier molecular flexibility index (Phi) is 33.7. The fourth-order valence-corrected chi connectivity index (χ4v) is 5.23. The molecule has 0 saturated heterocycles. The van der Waals surface area contributed by atoms with Crippen molar-refractivity contribution in [3.05, 3.63) is 97.2 Å². The molecule has 0 aliphatic carbocycles. The first-order chi connectivity index (χ1) is 26.1. The standard InChI is InChI=1S/C46H73NO7/c1-6-8-10-12-14-16-18-19-20-21-22-23-24-25-27-28-30-32-34-36-44(48)53-41-42(40-52-39-38-43(46(50)51)47(3,4)5)54-45(49)37-35-33-31-29-26-17-15-13-11-9-7-2/h8,10,12-16,18-25,27,42-43H,6-7,9,11,17,26,28-41H2,1-5H3/p+1/b10-8+,14-12+,15-13+,18-16+,20-19+,22-21+,24-23+,27-25+. The van der Waals surface area contributed by atoms with Crippen molar-refractivity contribution in [1.82, 2.24) is 0 Å². The number of quaternary nitrogens is 1. The quantitative estimate of drug-likeness (QED) is 0.0230. The molecular formula is C46H74NO7+. The van der Waals surface area contributed by atoms with Crippen molar-refractivity contribution < 1.29 is 38.2 Å². The van der Waals surface area contributed by atoms with Crippen molar-refractivity contribution >= 4 is 17.9 Å². The van der Waals surface area contributed by atoms with Gasteiger partial charge < -0.3 is 23.8 Å². The summed E-state index contributed by atoms with van der Waals surface area (Å²) in [6, 6.07) is -0.628. The summed E-state index contributed by atoms with van der Waals surface area (Å²) in [6.07, 6.45) is 47.3. The van der Waals surface area contributed by atoms with E-state index in [1.165, 1.54) is 12.8 Å². The molecule has 0 rings (SSSR count). The second-order valence-electron chi connectivity index (χ2n) is 14.3. The lowest BCUT2D eigenvalue weighted by atomic mass is 10.1. The molecule has 0 amide bonds. The van der Waals surface area contributed by atoms with Gasteiger partial charge in [-0.25, -0.2) is 4.79 Å². The first-order valence-corrected chi connectivity index (χ1v) is 20.4. The van der Waals surface area contributed by atoms with E-state index in [-0.39, 0.29) is 36.2 Å². The van der Waals surface area contributed by atoms with Crippen LogP contribution in [0.25, 0.3) is 0 Å². The van der Waals surface area contributed by atoms with E-state index in [0.29, 0.717) is 19.3 Å². The molecule has 54 heavy (non-hydrogen) atoms. The van der Waals surface area contributed by atoms with E-state index in [4.69, 9.17) is 14.2 Å². The van der Waals surface area contributed by atoms with Crippen LogP contribution < -0.4 is 0 Å². The van der Waals surface area contributed by atoms with Gasteiger partial charge in [-0.1, -0.05) is 150 Å². The number of carboxylic acids is 1. The number of carboxylic acid groups (broad SMARTS) is 1. The molecule has 8 nitrogen and oxygen atoms in total. The van der Waals surface area contributed by atoms with Crippen LogP contribution in [-0.4, -0.2) is 80.6 Å². The van der Waals surface area contributed by atoms with Crippen LogP contribution in [0.3, 0.4) is 0 Å². The van der Waals surface area contributed by atoms with E-state index in [9.17, 15) is 19.5 Å². The molecule has 0 saturated carbocycles. The number of hydrogen-bond acceptors (Lipinski definition) is 6. The predicted octanol–water partition coefficient (Wildman–Crippen LogP) is 10.7. The lowest BCUT2D eigenvalue weighted by Crippen LogP contribution is -2.50. The van der Waals surface area contributed by atoms with Crippen LogP contribution in [0.1, 0.15) is 123 Å². The molecule has 0 radical (unpaired) electrons. The van der Waals surface area contributed by atoms with Gasteiger partial charge in [0.05, 0.1) is 34.4 Å². The molecule has 0 aromatic rings. The number of nitrogens with zero attached hydrogens (tertiary/aromatic N) is 1. The maximum absolute atomic E-state index is 12.7. The van der Waals surface area contributed by atoms with Gasteiger partial charge in [0.2, 0.25) is 0 Å². The molecule has 0 aromatic heterocycles. The summed E-state index contributed by atoms with van der Waals surface area (Å²) in [5, 5.41) is 9.59. The van der Waals surface area contributed by atoms with Gasteiger partial charge in [0.15, 0.2) is 12.1 Å². The fraction of sp³-hybridized carbons (Fsp3) is 0.587. The van der Waals surface area contributed by atoms with Crippen LogP contribution in [0.15, 0.2) is 97.2 Å². The average molecular weight is 753 g/mol. The number of allylic oxidation sites excluding steroid dienone is 16. The number of hydrogen-bond donors (Lipinski definition) is 1. The lowest BCUT2D eigenvalue weighted by molar-refractivity contribution is -0.887. The van der Waals surface area contributed by atoms with Crippen LogP contribution in [0.5, 0.6) is 0 Å². The van der Waals surface area contributed by atoms with Gasteiger partial charge in [-0.2, -0.15) is 0 Å². The zero-order chi connectivity index (χ0) is 40.0. The Morgan fingerprint density at radius 3 is 1.61 bits per heavy atom. The summed E-state index contributed by atoms with van der Waals surface area (Å²) in [5.74, 6) is -1.56. The molecule has 1 N–H and O–H groups in total. The summed E-state index contributed by atoms with van der Waals surface area (Å²) < 4.78 is 17.2. The van der Waals surface area contributed by atoms with Crippen LogP contribution in [0, 0.1) is 0 Å². The Bertz CT molecular complexity index is 1200. The lowest BCUT2D eigenvalue weighted by Gasteiger charge is -2.31. The third-order valence-corrected chi connectivity index (χ3v) is 8.41. The van der Waals surface area contributed by atoms with Crippen molar-refractivity contribution in [2.75, 3.05) is 41.0 Å². The molecule has 8 heteroatoms. The highest BCUT2D eigenvalue weighted by Crippen LogP contribution is 2.12. The first kappa shape index (κ1) is 50.2. The Morgan fingerprint density at radius 1 is 0.574 bits per heavy atom. The summed E-state index contributed by atoms with van der Waals surface area (Å²) >= 11 is 0. The number of aliphatic carboxylic acids is 1. The minimum Gasteiger partial charge on any atom is -0.477 e. The molecule has 0 aliphatic heterocycles. The highest BCUT2D eigenvalue weighted by molar-refractivity contribution is 5.72. The normalized spacial score (nSPS) is 14.0. The van der Waals surface area contributed by atoms with Crippen LogP contribution in [0.4, 0.5) is 0 Å². The molecule has 304 valence electrons. The number of rotatable bonds is 34. The fourth-order valence-electron chi connectivity index (χ4n) is 5.23. The zero-order valence-electron chi connectivity index (χ0n) is 34.4. The number of likely N-dealkylation sites (N-methyl/N-ethyl adjacent to an activating group) is 1. The number of esters is 2. The van der Waals surface area contributed by atoms with E-state index in [1.807, 2.05) is 94.1 Å². The van der Waals surface area contributed by atoms with Crippen molar-refractivity contribution in [2.45, 2.75) is 135 Å².